The van der Waals surface area contributed by atoms with Crippen LogP contribution < -0.4 is 4.74 Å². The summed E-state index contributed by atoms with van der Waals surface area (Å²) in [4.78, 5) is 31.5. The Morgan fingerprint density at radius 1 is 1.15 bits per heavy atom. The maximum absolute atomic E-state index is 13.2. The molecule has 2 saturated heterocycles. The molecule has 6 nitrogen and oxygen atoms in total. The number of hydrogen-bond acceptors (Lipinski definition) is 4. The van der Waals surface area contributed by atoms with Crippen LogP contribution >= 0.6 is 0 Å². The van der Waals surface area contributed by atoms with Gasteiger partial charge in [0, 0.05) is 26.2 Å². The fraction of sp³-hybridized carbons (Fsp3) is 0.600. The zero-order valence-electron chi connectivity index (χ0n) is 16.2. The second-order valence-corrected chi connectivity index (χ2v) is 7.41. The molecule has 1 aromatic rings. The summed E-state index contributed by atoms with van der Waals surface area (Å²) in [5.41, 5.74) is 0.253. The Bertz CT molecular complexity index is 665. The van der Waals surface area contributed by atoms with E-state index in [1.807, 2.05) is 24.3 Å². The molecule has 26 heavy (non-hydrogen) atoms. The van der Waals surface area contributed by atoms with E-state index < -0.39 is 5.54 Å². The largest absolute Gasteiger partial charge is 0.497 e. The zero-order valence-corrected chi connectivity index (χ0v) is 16.2. The van der Waals surface area contributed by atoms with E-state index >= 15 is 0 Å². The van der Waals surface area contributed by atoms with Crippen LogP contribution in [0.4, 0.5) is 4.79 Å². The molecule has 1 aromatic carbocycles. The molecular formula is C20H29N3O3. The quantitative estimate of drug-likeness (QED) is 0.759. The number of imide groups is 1. The van der Waals surface area contributed by atoms with Crippen LogP contribution in [0.2, 0.25) is 0 Å². The van der Waals surface area contributed by atoms with Gasteiger partial charge in [0.1, 0.15) is 11.3 Å². The summed E-state index contributed by atoms with van der Waals surface area (Å²) in [6.45, 7) is 6.42. The molecule has 0 aliphatic carbocycles. The van der Waals surface area contributed by atoms with Gasteiger partial charge in [0.2, 0.25) is 0 Å². The van der Waals surface area contributed by atoms with E-state index in [0.29, 0.717) is 25.4 Å². The Labute approximate surface area is 155 Å². The molecule has 0 saturated carbocycles. The normalized spacial score (nSPS) is 21.5. The Balaban J connectivity index is 1.74. The maximum atomic E-state index is 13.2. The molecule has 2 heterocycles. The standard InChI is InChI=1S/C20H29N3O3/c1-5-15(2)22-12-10-20(11-13-22)18(24)23(19(25)21(20)3)14-16-6-8-17(26-4)9-7-16/h6-9,15H,5,10-14H2,1-4H3/t15-/m1/s1. The Kier molecular flexibility index (Phi) is 5.23. The summed E-state index contributed by atoms with van der Waals surface area (Å²) >= 11 is 0. The first-order valence-electron chi connectivity index (χ1n) is 9.39. The van der Waals surface area contributed by atoms with Crippen LogP contribution in [0.25, 0.3) is 0 Å². The van der Waals surface area contributed by atoms with Gasteiger partial charge in [-0.15, -0.1) is 0 Å². The third-order valence-corrected chi connectivity index (χ3v) is 6.14. The van der Waals surface area contributed by atoms with Crippen molar-refractivity contribution in [3.8, 4) is 5.75 Å². The topological polar surface area (TPSA) is 53.1 Å². The van der Waals surface area contributed by atoms with E-state index in [0.717, 1.165) is 30.8 Å². The lowest BCUT2D eigenvalue weighted by Gasteiger charge is -2.42. The molecule has 142 valence electrons. The summed E-state index contributed by atoms with van der Waals surface area (Å²) in [6.07, 6.45) is 2.51. The Hall–Kier alpha value is -2.08. The molecule has 0 aromatic heterocycles. The molecular weight excluding hydrogens is 330 g/mol. The van der Waals surface area contributed by atoms with Crippen molar-refractivity contribution in [2.24, 2.45) is 0 Å². The number of ether oxygens (including phenoxy) is 1. The first-order chi connectivity index (χ1) is 12.4. The minimum Gasteiger partial charge on any atom is -0.497 e. The summed E-state index contributed by atoms with van der Waals surface area (Å²) in [6, 6.07) is 7.82. The molecule has 1 atom stereocenters. The number of benzene rings is 1. The van der Waals surface area contributed by atoms with Gasteiger partial charge < -0.3 is 14.5 Å². The van der Waals surface area contributed by atoms with E-state index in [2.05, 4.69) is 18.7 Å². The lowest BCUT2D eigenvalue weighted by molar-refractivity contribution is -0.135. The highest BCUT2D eigenvalue weighted by Gasteiger charge is 2.56. The van der Waals surface area contributed by atoms with Crippen LogP contribution in [-0.4, -0.2) is 65.5 Å². The van der Waals surface area contributed by atoms with Crippen LogP contribution in [0, 0.1) is 0 Å². The fourth-order valence-electron chi connectivity index (χ4n) is 4.04. The van der Waals surface area contributed by atoms with E-state index in [-0.39, 0.29) is 11.9 Å². The van der Waals surface area contributed by atoms with Crippen molar-refractivity contribution in [3.63, 3.8) is 0 Å². The molecule has 0 radical (unpaired) electrons. The summed E-state index contributed by atoms with van der Waals surface area (Å²) in [5, 5.41) is 0. The van der Waals surface area contributed by atoms with Gasteiger partial charge in [-0.1, -0.05) is 19.1 Å². The number of likely N-dealkylation sites (N-methyl/N-ethyl adjacent to an activating group) is 1. The SMILES string of the molecule is CC[C@@H](C)N1CCC2(CC1)C(=O)N(Cc1ccc(OC)cc1)C(=O)N2C. The van der Waals surface area contributed by atoms with Crippen molar-refractivity contribution < 1.29 is 14.3 Å². The number of methoxy groups -OCH3 is 1. The Morgan fingerprint density at radius 3 is 2.31 bits per heavy atom. The molecule has 0 unspecified atom stereocenters. The minimum absolute atomic E-state index is 0.0513. The van der Waals surface area contributed by atoms with Crippen molar-refractivity contribution in [2.45, 2.75) is 51.2 Å². The molecule has 6 heteroatoms. The minimum atomic E-state index is -0.673. The predicted octanol–water partition coefficient (Wildman–Crippen LogP) is 2.72. The fourth-order valence-corrected chi connectivity index (χ4v) is 4.04. The summed E-state index contributed by atoms with van der Waals surface area (Å²) in [5.74, 6) is 0.712. The van der Waals surface area contributed by atoms with Gasteiger partial charge in [-0.25, -0.2) is 4.79 Å². The second kappa shape index (κ2) is 7.27. The number of likely N-dealkylation sites (tertiary alicyclic amines) is 1. The van der Waals surface area contributed by atoms with Gasteiger partial charge >= 0.3 is 6.03 Å². The van der Waals surface area contributed by atoms with Crippen LogP contribution in [0.1, 0.15) is 38.7 Å². The summed E-state index contributed by atoms with van der Waals surface area (Å²) in [7, 11) is 3.39. The highest BCUT2D eigenvalue weighted by molar-refractivity contribution is 6.06. The first kappa shape index (κ1) is 18.7. The number of amides is 3. The molecule has 0 bridgehead atoms. The molecule has 1 spiro atoms. The van der Waals surface area contributed by atoms with Crippen LogP contribution in [0.5, 0.6) is 5.75 Å². The Morgan fingerprint density at radius 2 is 1.77 bits per heavy atom. The number of rotatable bonds is 5. The van der Waals surface area contributed by atoms with Crippen LogP contribution in [0.3, 0.4) is 0 Å². The van der Waals surface area contributed by atoms with Gasteiger partial charge in [-0.3, -0.25) is 9.69 Å². The van der Waals surface area contributed by atoms with Crippen LogP contribution in [-0.2, 0) is 11.3 Å². The van der Waals surface area contributed by atoms with E-state index in [4.69, 9.17) is 4.74 Å². The molecule has 3 amide bonds. The lowest BCUT2D eigenvalue weighted by Crippen LogP contribution is -2.56. The average Bonchev–Trinajstić information content (AvgIpc) is 2.85. The van der Waals surface area contributed by atoms with Crippen molar-refractivity contribution in [1.29, 1.82) is 0 Å². The molecule has 3 rings (SSSR count). The molecule has 0 N–H and O–H groups in total. The number of hydrogen-bond donors (Lipinski definition) is 0. The second-order valence-electron chi connectivity index (χ2n) is 7.41. The van der Waals surface area contributed by atoms with E-state index in [1.54, 1.807) is 19.1 Å². The number of piperidine rings is 1. The molecule has 2 fully saturated rings. The van der Waals surface area contributed by atoms with Gasteiger partial charge in [-0.05, 0) is 43.9 Å². The van der Waals surface area contributed by atoms with Gasteiger partial charge in [0.15, 0.2) is 0 Å². The van der Waals surface area contributed by atoms with Gasteiger partial charge in [-0.2, -0.15) is 0 Å². The third kappa shape index (κ3) is 3.07. The third-order valence-electron chi connectivity index (χ3n) is 6.14. The number of carbonyl (C=O) groups excluding carboxylic acids is 2. The van der Waals surface area contributed by atoms with E-state index in [9.17, 15) is 9.59 Å². The highest BCUT2D eigenvalue weighted by Crippen LogP contribution is 2.37. The molecule has 2 aliphatic heterocycles. The maximum Gasteiger partial charge on any atom is 0.327 e. The smallest absolute Gasteiger partial charge is 0.327 e. The van der Waals surface area contributed by atoms with Gasteiger partial charge in [0.05, 0.1) is 13.7 Å². The van der Waals surface area contributed by atoms with Crippen molar-refractivity contribution in [3.05, 3.63) is 29.8 Å². The predicted molar refractivity (Wildman–Crippen MR) is 100.0 cm³/mol. The van der Waals surface area contributed by atoms with Crippen LogP contribution in [0.15, 0.2) is 24.3 Å². The number of urea groups is 1. The summed E-state index contributed by atoms with van der Waals surface area (Å²) < 4.78 is 5.17. The lowest BCUT2D eigenvalue weighted by atomic mass is 9.85. The van der Waals surface area contributed by atoms with Crippen molar-refractivity contribution in [1.82, 2.24) is 14.7 Å². The number of carbonyl (C=O) groups is 2. The highest BCUT2D eigenvalue weighted by atomic mass is 16.5. The average molecular weight is 359 g/mol. The monoisotopic (exact) mass is 359 g/mol. The molecule has 2 aliphatic rings. The van der Waals surface area contributed by atoms with Crippen molar-refractivity contribution >= 4 is 11.9 Å². The van der Waals surface area contributed by atoms with Crippen molar-refractivity contribution in [2.75, 3.05) is 27.2 Å². The van der Waals surface area contributed by atoms with E-state index in [1.165, 1.54) is 4.90 Å². The zero-order chi connectivity index (χ0) is 18.9. The first-order valence-corrected chi connectivity index (χ1v) is 9.39. The number of nitrogens with zero attached hydrogens (tertiary/aromatic N) is 3. The van der Waals surface area contributed by atoms with Gasteiger partial charge in [0.25, 0.3) is 5.91 Å².